The van der Waals surface area contributed by atoms with Gasteiger partial charge >= 0.3 is 13.1 Å². The SMILES string of the molecule is NC(CCCCB(O)O)c1nnnn1CCCC(=O)O. The van der Waals surface area contributed by atoms with Gasteiger partial charge in [-0.25, -0.2) is 4.68 Å². The summed E-state index contributed by atoms with van der Waals surface area (Å²) < 4.78 is 1.52. The van der Waals surface area contributed by atoms with E-state index in [4.69, 9.17) is 20.9 Å². The Balaban J connectivity index is 2.37. The lowest BCUT2D eigenvalue weighted by molar-refractivity contribution is -0.137. The fraction of sp³-hybridized carbons (Fsp3) is 0.800. The molecule has 0 spiro atoms. The summed E-state index contributed by atoms with van der Waals surface area (Å²) in [6.45, 7) is 0.414. The minimum Gasteiger partial charge on any atom is -0.481 e. The van der Waals surface area contributed by atoms with Gasteiger partial charge in [-0.2, -0.15) is 0 Å². The van der Waals surface area contributed by atoms with Crippen molar-refractivity contribution in [1.29, 1.82) is 0 Å². The van der Waals surface area contributed by atoms with E-state index in [2.05, 4.69) is 15.5 Å². The standard InChI is InChI=1S/C10H20BN5O4/c12-8(4-1-2-6-11(19)20)10-13-14-15-16(10)7-3-5-9(17)18/h8,19-20H,1-7,12H2,(H,17,18). The summed E-state index contributed by atoms with van der Waals surface area (Å²) in [6, 6.07) is -0.342. The van der Waals surface area contributed by atoms with Crippen LogP contribution in [0.25, 0.3) is 0 Å². The molecular weight excluding hydrogens is 265 g/mol. The van der Waals surface area contributed by atoms with Crippen molar-refractivity contribution in [3.8, 4) is 0 Å². The Morgan fingerprint density at radius 2 is 2.10 bits per heavy atom. The predicted octanol–water partition coefficient (Wildman–Crippen LogP) is -0.819. The third-order valence-electron chi connectivity index (χ3n) is 2.88. The van der Waals surface area contributed by atoms with Crippen LogP contribution in [0.4, 0.5) is 0 Å². The number of aryl methyl sites for hydroxylation is 1. The fourth-order valence-corrected chi connectivity index (χ4v) is 1.84. The van der Waals surface area contributed by atoms with Crippen molar-refractivity contribution in [3.05, 3.63) is 5.82 Å². The zero-order valence-electron chi connectivity index (χ0n) is 11.2. The summed E-state index contributed by atoms with van der Waals surface area (Å²) in [6.07, 6.45) is 2.84. The molecule has 5 N–H and O–H groups in total. The second kappa shape index (κ2) is 8.62. The molecule has 0 saturated carbocycles. The first kappa shape index (κ1) is 16.5. The number of carboxylic acid groups (broad SMARTS) is 1. The van der Waals surface area contributed by atoms with E-state index >= 15 is 0 Å². The highest BCUT2D eigenvalue weighted by molar-refractivity contribution is 6.40. The largest absolute Gasteiger partial charge is 0.481 e. The van der Waals surface area contributed by atoms with E-state index in [1.54, 1.807) is 0 Å². The lowest BCUT2D eigenvalue weighted by Crippen LogP contribution is -2.18. The zero-order chi connectivity index (χ0) is 15.0. The van der Waals surface area contributed by atoms with E-state index in [0.29, 0.717) is 38.0 Å². The van der Waals surface area contributed by atoms with Gasteiger partial charge in [0.1, 0.15) is 0 Å². The van der Waals surface area contributed by atoms with Crippen LogP contribution in [0.15, 0.2) is 0 Å². The van der Waals surface area contributed by atoms with E-state index in [1.165, 1.54) is 4.68 Å². The highest BCUT2D eigenvalue weighted by Gasteiger charge is 2.15. The van der Waals surface area contributed by atoms with Crippen molar-refractivity contribution >= 4 is 13.1 Å². The monoisotopic (exact) mass is 285 g/mol. The molecule has 112 valence electrons. The molecule has 1 rings (SSSR count). The number of hydrogen-bond acceptors (Lipinski definition) is 7. The van der Waals surface area contributed by atoms with Crippen molar-refractivity contribution in [3.63, 3.8) is 0 Å². The topological polar surface area (TPSA) is 147 Å². The Bertz CT molecular complexity index is 414. The number of carbonyl (C=O) groups is 1. The lowest BCUT2D eigenvalue weighted by atomic mass is 9.83. The minimum absolute atomic E-state index is 0.0585. The molecule has 0 saturated heterocycles. The molecule has 0 fully saturated rings. The van der Waals surface area contributed by atoms with Gasteiger partial charge in [-0.15, -0.1) is 5.10 Å². The molecule has 1 aromatic heterocycles. The first-order chi connectivity index (χ1) is 9.50. The second-order valence-corrected chi connectivity index (χ2v) is 4.63. The maximum Gasteiger partial charge on any atom is 0.451 e. The number of carboxylic acids is 1. The summed E-state index contributed by atoms with van der Waals surface area (Å²) in [5.41, 5.74) is 5.98. The van der Waals surface area contributed by atoms with Gasteiger partial charge in [0.05, 0.1) is 6.04 Å². The van der Waals surface area contributed by atoms with Gasteiger partial charge in [-0.1, -0.05) is 12.8 Å². The fourth-order valence-electron chi connectivity index (χ4n) is 1.84. The second-order valence-electron chi connectivity index (χ2n) is 4.63. The number of unbranched alkanes of at least 4 members (excludes halogenated alkanes) is 1. The van der Waals surface area contributed by atoms with Gasteiger partial charge in [-0.05, 0) is 29.6 Å². The van der Waals surface area contributed by atoms with Crippen LogP contribution in [0.1, 0.15) is 44.0 Å². The molecule has 0 bridgehead atoms. The lowest BCUT2D eigenvalue weighted by Gasteiger charge is -2.11. The Kier molecular flexibility index (Phi) is 7.12. The van der Waals surface area contributed by atoms with Crippen LogP contribution >= 0.6 is 0 Å². The number of rotatable bonds is 10. The number of aromatic nitrogens is 4. The molecular formula is C10H20BN5O4. The molecule has 0 aliphatic carbocycles. The number of hydrogen-bond donors (Lipinski definition) is 4. The summed E-state index contributed by atoms with van der Waals surface area (Å²) >= 11 is 0. The van der Waals surface area contributed by atoms with Gasteiger partial charge in [0.2, 0.25) is 0 Å². The molecule has 0 radical (unpaired) electrons. The Labute approximate surface area is 116 Å². The van der Waals surface area contributed by atoms with E-state index in [9.17, 15) is 4.79 Å². The molecule has 1 heterocycles. The maximum atomic E-state index is 10.4. The van der Waals surface area contributed by atoms with Gasteiger partial charge in [0.25, 0.3) is 0 Å². The summed E-state index contributed by atoms with van der Waals surface area (Å²) in [7, 11) is -1.28. The van der Waals surface area contributed by atoms with Gasteiger partial charge in [-0.3, -0.25) is 4.79 Å². The van der Waals surface area contributed by atoms with Crippen molar-refractivity contribution in [2.45, 2.75) is 51.0 Å². The summed E-state index contributed by atoms with van der Waals surface area (Å²) in [5, 5.41) is 37.2. The molecule has 9 nitrogen and oxygen atoms in total. The van der Waals surface area contributed by atoms with Crippen LogP contribution in [0, 0.1) is 0 Å². The third kappa shape index (κ3) is 6.09. The molecule has 1 aromatic rings. The van der Waals surface area contributed by atoms with Crippen LogP contribution in [-0.4, -0.2) is 48.4 Å². The zero-order valence-corrected chi connectivity index (χ0v) is 11.2. The van der Waals surface area contributed by atoms with Crippen molar-refractivity contribution in [1.82, 2.24) is 20.2 Å². The number of aliphatic carboxylic acids is 1. The highest BCUT2D eigenvalue weighted by Crippen LogP contribution is 2.15. The summed E-state index contributed by atoms with van der Waals surface area (Å²) in [5.74, 6) is -0.327. The van der Waals surface area contributed by atoms with Crippen LogP contribution in [-0.2, 0) is 11.3 Å². The van der Waals surface area contributed by atoms with E-state index in [-0.39, 0.29) is 12.5 Å². The molecule has 1 unspecified atom stereocenters. The smallest absolute Gasteiger partial charge is 0.451 e. The normalized spacial score (nSPS) is 12.3. The van der Waals surface area contributed by atoms with Crippen molar-refractivity contribution in [2.75, 3.05) is 0 Å². The Morgan fingerprint density at radius 3 is 2.75 bits per heavy atom. The molecule has 0 aliphatic rings. The molecule has 0 amide bonds. The Hall–Kier alpha value is -1.52. The van der Waals surface area contributed by atoms with Crippen LogP contribution < -0.4 is 5.73 Å². The molecule has 20 heavy (non-hydrogen) atoms. The van der Waals surface area contributed by atoms with E-state index < -0.39 is 13.1 Å². The molecule has 10 heteroatoms. The number of nitrogens with zero attached hydrogens (tertiary/aromatic N) is 4. The van der Waals surface area contributed by atoms with Crippen LogP contribution in [0.2, 0.25) is 6.32 Å². The minimum atomic E-state index is -1.28. The molecule has 0 aliphatic heterocycles. The first-order valence-electron chi connectivity index (χ1n) is 6.60. The van der Waals surface area contributed by atoms with E-state index in [0.717, 1.165) is 6.42 Å². The first-order valence-corrected chi connectivity index (χ1v) is 6.60. The quantitative estimate of drug-likeness (QED) is 0.322. The molecule has 1 atom stereocenters. The van der Waals surface area contributed by atoms with E-state index in [1.807, 2.05) is 0 Å². The highest BCUT2D eigenvalue weighted by atomic mass is 16.4. The van der Waals surface area contributed by atoms with Crippen LogP contribution in [0.5, 0.6) is 0 Å². The average Bonchev–Trinajstić information content (AvgIpc) is 2.82. The van der Waals surface area contributed by atoms with Crippen LogP contribution in [0.3, 0.4) is 0 Å². The number of tetrazole rings is 1. The summed E-state index contributed by atoms with van der Waals surface area (Å²) in [4.78, 5) is 10.4. The number of nitrogens with two attached hydrogens (primary N) is 1. The van der Waals surface area contributed by atoms with Crippen molar-refractivity contribution < 1.29 is 19.9 Å². The predicted molar refractivity (Wildman–Crippen MR) is 70.5 cm³/mol. The van der Waals surface area contributed by atoms with Gasteiger partial charge in [0.15, 0.2) is 5.82 Å². The molecule has 0 aromatic carbocycles. The Morgan fingerprint density at radius 1 is 1.35 bits per heavy atom. The van der Waals surface area contributed by atoms with Gasteiger partial charge < -0.3 is 20.9 Å². The van der Waals surface area contributed by atoms with Crippen molar-refractivity contribution in [2.24, 2.45) is 5.73 Å². The third-order valence-corrected chi connectivity index (χ3v) is 2.88. The average molecular weight is 285 g/mol. The maximum absolute atomic E-state index is 10.4. The van der Waals surface area contributed by atoms with Gasteiger partial charge in [0, 0.05) is 13.0 Å².